The molecule has 2 N–H and O–H groups in total. The Morgan fingerprint density at radius 2 is 2.11 bits per heavy atom. The standard InChI is InChI=1S/C20H17BrN2O4S/c1-27-20(26)17-14-4-2-3-5-16(14)28-19(17)23-18(25)12(10-22)8-11-9-13(21)6-7-15(11)24/h6-9,24H,2-5H2,1H3,(H,23,25)/b12-8-. The molecule has 0 saturated heterocycles. The summed E-state index contributed by atoms with van der Waals surface area (Å²) >= 11 is 4.64. The molecule has 28 heavy (non-hydrogen) atoms. The highest BCUT2D eigenvalue weighted by molar-refractivity contribution is 9.10. The molecule has 0 spiro atoms. The molecule has 8 heteroatoms. The van der Waals surface area contributed by atoms with Gasteiger partial charge in [-0.2, -0.15) is 5.26 Å². The van der Waals surface area contributed by atoms with E-state index >= 15 is 0 Å². The van der Waals surface area contributed by atoms with E-state index in [9.17, 15) is 20.0 Å². The van der Waals surface area contributed by atoms with E-state index in [1.807, 2.05) is 6.07 Å². The van der Waals surface area contributed by atoms with Gasteiger partial charge in [0.2, 0.25) is 0 Å². The maximum absolute atomic E-state index is 12.7. The molecule has 0 unspecified atom stereocenters. The Morgan fingerprint density at radius 1 is 1.36 bits per heavy atom. The number of rotatable bonds is 4. The van der Waals surface area contributed by atoms with Gasteiger partial charge in [0.1, 0.15) is 22.4 Å². The van der Waals surface area contributed by atoms with Gasteiger partial charge >= 0.3 is 5.97 Å². The number of hydrogen-bond acceptors (Lipinski definition) is 6. The Hall–Kier alpha value is -2.63. The first-order valence-electron chi connectivity index (χ1n) is 8.59. The molecular formula is C20H17BrN2O4S. The number of nitrogens with one attached hydrogen (secondary N) is 1. The molecule has 144 valence electrons. The van der Waals surface area contributed by atoms with Gasteiger partial charge in [-0.3, -0.25) is 4.79 Å². The maximum Gasteiger partial charge on any atom is 0.341 e. The van der Waals surface area contributed by atoms with Crippen molar-refractivity contribution in [3.63, 3.8) is 0 Å². The number of aryl methyl sites for hydroxylation is 1. The summed E-state index contributed by atoms with van der Waals surface area (Å²) in [4.78, 5) is 26.0. The van der Waals surface area contributed by atoms with Crippen LogP contribution in [-0.4, -0.2) is 24.1 Å². The van der Waals surface area contributed by atoms with E-state index in [0.29, 0.717) is 20.6 Å². The molecule has 1 aromatic carbocycles. The maximum atomic E-state index is 12.7. The fourth-order valence-electron chi connectivity index (χ4n) is 3.09. The summed E-state index contributed by atoms with van der Waals surface area (Å²) < 4.78 is 5.59. The normalized spacial score (nSPS) is 13.4. The fourth-order valence-corrected chi connectivity index (χ4v) is 4.74. The van der Waals surface area contributed by atoms with Crippen LogP contribution in [0.3, 0.4) is 0 Å². The largest absolute Gasteiger partial charge is 0.507 e. The predicted octanol–water partition coefficient (Wildman–Crippen LogP) is 4.43. The third-order valence-electron chi connectivity index (χ3n) is 4.44. The Morgan fingerprint density at radius 3 is 2.82 bits per heavy atom. The van der Waals surface area contributed by atoms with Crippen LogP contribution < -0.4 is 5.32 Å². The van der Waals surface area contributed by atoms with Gasteiger partial charge in [-0.15, -0.1) is 11.3 Å². The van der Waals surface area contributed by atoms with Crippen molar-refractivity contribution in [2.45, 2.75) is 25.7 Å². The van der Waals surface area contributed by atoms with E-state index in [1.165, 1.54) is 30.6 Å². The number of hydrogen-bond donors (Lipinski definition) is 2. The number of nitriles is 1. The number of phenolic OH excluding ortho intramolecular Hbond substituents is 1. The summed E-state index contributed by atoms with van der Waals surface area (Å²) in [6.07, 6.45) is 4.94. The monoisotopic (exact) mass is 460 g/mol. The first-order valence-corrected chi connectivity index (χ1v) is 10.2. The topological polar surface area (TPSA) is 99.4 Å². The molecule has 0 bridgehead atoms. The summed E-state index contributed by atoms with van der Waals surface area (Å²) in [5.74, 6) is -1.20. The van der Waals surface area contributed by atoms with Crippen LogP contribution in [0.25, 0.3) is 6.08 Å². The van der Waals surface area contributed by atoms with E-state index in [1.54, 1.807) is 12.1 Å². The molecule has 3 rings (SSSR count). The van der Waals surface area contributed by atoms with Gasteiger partial charge in [-0.25, -0.2) is 4.79 Å². The van der Waals surface area contributed by atoms with Crippen molar-refractivity contribution in [2.24, 2.45) is 0 Å². The lowest BCUT2D eigenvalue weighted by Crippen LogP contribution is -2.16. The zero-order chi connectivity index (χ0) is 20.3. The second-order valence-electron chi connectivity index (χ2n) is 6.23. The van der Waals surface area contributed by atoms with Gasteiger partial charge in [0.25, 0.3) is 5.91 Å². The Balaban J connectivity index is 1.94. The SMILES string of the molecule is COC(=O)c1c(NC(=O)/C(C#N)=C\c2cc(Br)ccc2O)sc2c1CCCC2. The molecule has 0 radical (unpaired) electrons. The summed E-state index contributed by atoms with van der Waals surface area (Å²) in [6, 6.07) is 6.57. The summed E-state index contributed by atoms with van der Waals surface area (Å²) in [5.41, 5.74) is 1.44. The molecule has 0 fully saturated rings. The molecule has 1 aromatic heterocycles. The number of anilines is 1. The minimum Gasteiger partial charge on any atom is -0.507 e. The molecule has 2 aromatic rings. The lowest BCUT2D eigenvalue weighted by molar-refractivity contribution is -0.112. The van der Waals surface area contributed by atoms with E-state index < -0.39 is 11.9 Å². The van der Waals surface area contributed by atoms with Crippen LogP contribution in [0.1, 0.15) is 39.2 Å². The summed E-state index contributed by atoms with van der Waals surface area (Å²) in [5, 5.41) is 22.4. The zero-order valence-electron chi connectivity index (χ0n) is 15.0. The quantitative estimate of drug-likeness (QED) is 0.399. The number of carbonyl (C=O) groups is 2. The fraction of sp³-hybridized carbons (Fsp3) is 0.250. The van der Waals surface area contributed by atoms with Crippen LogP contribution in [0, 0.1) is 11.3 Å². The minimum atomic E-state index is -0.648. The number of nitrogens with zero attached hydrogens (tertiary/aromatic N) is 1. The van der Waals surface area contributed by atoms with Crippen molar-refractivity contribution in [3.8, 4) is 11.8 Å². The summed E-state index contributed by atoms with van der Waals surface area (Å²) in [6.45, 7) is 0. The van der Waals surface area contributed by atoms with E-state index in [-0.39, 0.29) is 11.3 Å². The molecule has 0 saturated carbocycles. The van der Waals surface area contributed by atoms with Crippen molar-refractivity contribution in [3.05, 3.63) is 49.8 Å². The van der Waals surface area contributed by atoms with Crippen molar-refractivity contribution in [2.75, 3.05) is 12.4 Å². The van der Waals surface area contributed by atoms with E-state index in [0.717, 1.165) is 36.1 Å². The van der Waals surface area contributed by atoms with Gasteiger partial charge in [-0.05, 0) is 55.5 Å². The van der Waals surface area contributed by atoms with Crippen LogP contribution in [0.2, 0.25) is 0 Å². The van der Waals surface area contributed by atoms with Crippen LogP contribution in [0.4, 0.5) is 5.00 Å². The molecule has 1 aliphatic rings. The highest BCUT2D eigenvalue weighted by Gasteiger charge is 2.27. The zero-order valence-corrected chi connectivity index (χ0v) is 17.4. The first kappa shape index (κ1) is 20.1. The molecule has 0 aliphatic heterocycles. The van der Waals surface area contributed by atoms with Gasteiger partial charge in [-0.1, -0.05) is 15.9 Å². The van der Waals surface area contributed by atoms with Crippen LogP contribution >= 0.6 is 27.3 Å². The number of esters is 1. The van der Waals surface area contributed by atoms with Crippen molar-refractivity contribution in [1.29, 1.82) is 5.26 Å². The van der Waals surface area contributed by atoms with Gasteiger partial charge in [0.05, 0.1) is 12.7 Å². The predicted molar refractivity (Wildman–Crippen MR) is 110 cm³/mol. The molecule has 1 amide bonds. The van der Waals surface area contributed by atoms with Crippen molar-refractivity contribution >= 4 is 50.2 Å². The summed E-state index contributed by atoms with van der Waals surface area (Å²) in [7, 11) is 1.30. The Bertz CT molecular complexity index is 1020. The number of phenols is 1. The molecular weight excluding hydrogens is 444 g/mol. The van der Waals surface area contributed by atoms with Crippen LogP contribution in [0.5, 0.6) is 5.75 Å². The van der Waals surface area contributed by atoms with E-state index in [2.05, 4.69) is 21.2 Å². The molecule has 6 nitrogen and oxygen atoms in total. The number of benzene rings is 1. The average molecular weight is 461 g/mol. The Labute approximate surface area is 174 Å². The second kappa shape index (κ2) is 8.59. The third kappa shape index (κ3) is 4.11. The third-order valence-corrected chi connectivity index (χ3v) is 6.14. The molecule has 0 atom stereocenters. The first-order chi connectivity index (χ1) is 13.4. The van der Waals surface area contributed by atoms with Gasteiger partial charge < -0.3 is 15.2 Å². The molecule has 1 heterocycles. The lowest BCUT2D eigenvalue weighted by atomic mass is 9.95. The van der Waals surface area contributed by atoms with Gasteiger partial charge in [0.15, 0.2) is 0 Å². The second-order valence-corrected chi connectivity index (χ2v) is 8.25. The Kier molecular flexibility index (Phi) is 6.17. The number of amides is 1. The highest BCUT2D eigenvalue weighted by Crippen LogP contribution is 2.38. The number of methoxy groups -OCH3 is 1. The lowest BCUT2D eigenvalue weighted by Gasteiger charge is -2.11. The van der Waals surface area contributed by atoms with Crippen molar-refractivity contribution < 1.29 is 19.4 Å². The highest BCUT2D eigenvalue weighted by atomic mass is 79.9. The van der Waals surface area contributed by atoms with Crippen molar-refractivity contribution in [1.82, 2.24) is 0 Å². The smallest absolute Gasteiger partial charge is 0.341 e. The number of fused-ring (bicyclic) bond motifs is 1. The number of aromatic hydroxyl groups is 1. The average Bonchev–Trinajstić information content (AvgIpc) is 3.05. The number of thiophene rings is 1. The number of ether oxygens (including phenoxy) is 1. The molecule has 1 aliphatic carbocycles. The van der Waals surface area contributed by atoms with Crippen LogP contribution in [-0.2, 0) is 22.4 Å². The van der Waals surface area contributed by atoms with Gasteiger partial charge in [0, 0.05) is 14.9 Å². The van der Waals surface area contributed by atoms with E-state index in [4.69, 9.17) is 4.74 Å². The minimum absolute atomic E-state index is 0.0504. The van der Waals surface area contributed by atoms with Crippen LogP contribution in [0.15, 0.2) is 28.2 Å². The number of halogens is 1. The number of carbonyl (C=O) groups excluding carboxylic acids is 2.